The molecule has 0 bridgehead atoms. The maximum atomic E-state index is 13.7. The zero-order chi connectivity index (χ0) is 26.3. The van der Waals surface area contributed by atoms with E-state index in [4.69, 9.17) is 16.3 Å². The predicted octanol–water partition coefficient (Wildman–Crippen LogP) is 1.85. The minimum absolute atomic E-state index is 0.101. The lowest BCUT2D eigenvalue weighted by molar-refractivity contribution is -0.165. The molecule has 13 heteroatoms. The van der Waals surface area contributed by atoms with Gasteiger partial charge in [-0.05, 0) is 24.3 Å². The molecule has 0 spiro atoms. The molecule has 1 saturated heterocycles. The van der Waals surface area contributed by atoms with Crippen LogP contribution in [0.5, 0.6) is 0 Å². The van der Waals surface area contributed by atoms with Gasteiger partial charge in [0.2, 0.25) is 0 Å². The Labute approximate surface area is 208 Å². The van der Waals surface area contributed by atoms with Gasteiger partial charge in [0.1, 0.15) is 24.6 Å². The molecule has 7 N–H and O–H groups in total. The third kappa shape index (κ3) is 4.53. The van der Waals surface area contributed by atoms with Crippen molar-refractivity contribution >= 4 is 16.6 Å². The van der Waals surface area contributed by atoms with Crippen LogP contribution in [0.4, 0.5) is 13.2 Å². The first-order chi connectivity index (χ1) is 17.8. The molecule has 1 fully saturated rings. The monoisotopic (exact) mass is 515 g/mol. The number of nitrogens with one attached hydrogen (secondary N) is 1. The normalized spacial score (nSPS) is 22.5. The Kier molecular flexibility index (Phi) is 6.60. The number of para-hydroxylation sites is 1. The van der Waals surface area contributed by atoms with E-state index in [0.29, 0.717) is 5.82 Å². The highest BCUT2D eigenvalue weighted by molar-refractivity contribution is 5.87. The number of hydrazine groups is 1. The van der Waals surface area contributed by atoms with Gasteiger partial charge in [0.05, 0.1) is 29.5 Å². The number of hydrogen-bond acceptors (Lipinski definition) is 8. The van der Waals surface area contributed by atoms with E-state index in [1.165, 1.54) is 12.5 Å². The molecule has 2 aromatic heterocycles. The molecule has 2 aromatic carbocycles. The van der Waals surface area contributed by atoms with Crippen LogP contribution in [0.1, 0.15) is 23.9 Å². The Morgan fingerprint density at radius 3 is 2.73 bits per heavy atom. The number of hydrogen-bond donors (Lipinski definition) is 5. The topological polar surface area (TPSA) is 151 Å². The first kappa shape index (κ1) is 24.8. The van der Waals surface area contributed by atoms with Crippen molar-refractivity contribution in [1.29, 1.82) is 0 Å². The minimum atomic E-state index is -1.62. The molecule has 0 aliphatic carbocycles. The second-order valence-electron chi connectivity index (χ2n) is 8.70. The van der Waals surface area contributed by atoms with Crippen LogP contribution < -0.4 is 11.6 Å². The second kappa shape index (κ2) is 9.86. The first-order valence-electron chi connectivity index (χ1n) is 11.3. The number of aromatic nitrogens is 4. The Hall–Kier alpha value is -3.91. The van der Waals surface area contributed by atoms with Crippen LogP contribution in [0.2, 0.25) is 0 Å². The molecular weight excluding hydrogens is 491 g/mol. The lowest BCUT2D eigenvalue weighted by atomic mass is 9.94. The Balaban J connectivity index is 1.46. The average Bonchev–Trinajstić information content (AvgIpc) is 3.57. The summed E-state index contributed by atoms with van der Waals surface area (Å²) in [5, 5.41) is 31.0. The van der Waals surface area contributed by atoms with E-state index in [2.05, 4.69) is 15.2 Å². The Morgan fingerprint density at radius 1 is 1.24 bits per heavy atom. The predicted molar refractivity (Wildman–Crippen MR) is 127 cm³/mol. The SMILES string of the molecule is N/C(=C\N(N)C1CC(c2nncn2-c2cccc3cc[nH]c23)OC(CO)C1O)c1cc(F)c(F)c(F)c1. The van der Waals surface area contributed by atoms with Gasteiger partial charge in [0.25, 0.3) is 0 Å². The number of nitrogens with two attached hydrogens (primary N) is 2. The second-order valence-corrected chi connectivity index (χ2v) is 8.70. The standard InChI is InChI=1S/C24H24F3N7O3/c25-14-6-13(7-15(26)21(14)27)16(28)9-34(29)18-8-19(37-20(10-35)23(18)36)24-32-31-11-33(24)17-3-1-2-12-4-5-30-22(12)17/h1-7,9,11,18-20,23,30,35-36H,8,10,28-29H2/b16-9-. The number of fused-ring (bicyclic) bond motifs is 1. The maximum absolute atomic E-state index is 13.7. The van der Waals surface area contributed by atoms with Gasteiger partial charge in [0, 0.05) is 29.8 Å². The molecule has 194 valence electrons. The summed E-state index contributed by atoms with van der Waals surface area (Å²) in [6.07, 6.45) is 1.57. The summed E-state index contributed by atoms with van der Waals surface area (Å²) in [7, 11) is 0. The molecule has 0 radical (unpaired) electrons. The molecule has 10 nitrogen and oxygen atoms in total. The summed E-state index contributed by atoms with van der Waals surface area (Å²) in [6.45, 7) is -0.518. The number of ether oxygens (including phenoxy) is 1. The summed E-state index contributed by atoms with van der Waals surface area (Å²) in [6, 6.07) is 8.27. The van der Waals surface area contributed by atoms with Crippen molar-refractivity contribution in [3.05, 3.63) is 84.0 Å². The van der Waals surface area contributed by atoms with E-state index < -0.39 is 48.4 Å². The molecule has 4 unspecified atom stereocenters. The number of aliphatic hydroxyl groups is 2. The van der Waals surface area contributed by atoms with Crippen molar-refractivity contribution < 1.29 is 28.1 Å². The van der Waals surface area contributed by atoms with Crippen molar-refractivity contribution in [2.45, 2.75) is 30.8 Å². The molecular formula is C24H24F3N7O3. The first-order valence-corrected chi connectivity index (χ1v) is 11.3. The number of H-pyrrole nitrogens is 1. The molecule has 4 atom stereocenters. The van der Waals surface area contributed by atoms with Gasteiger partial charge in [-0.2, -0.15) is 0 Å². The fraction of sp³-hybridized carbons (Fsp3) is 0.250. The highest BCUT2D eigenvalue weighted by atomic mass is 19.2. The van der Waals surface area contributed by atoms with Crippen LogP contribution in [0, 0.1) is 17.5 Å². The van der Waals surface area contributed by atoms with Crippen LogP contribution in [0.3, 0.4) is 0 Å². The third-order valence-corrected chi connectivity index (χ3v) is 6.42. The van der Waals surface area contributed by atoms with Crippen LogP contribution in [0.15, 0.2) is 55.1 Å². The van der Waals surface area contributed by atoms with Gasteiger partial charge in [-0.25, -0.2) is 19.0 Å². The van der Waals surface area contributed by atoms with Gasteiger partial charge >= 0.3 is 0 Å². The number of benzene rings is 2. The highest BCUT2D eigenvalue weighted by Gasteiger charge is 2.41. The molecule has 3 heterocycles. The number of aromatic amines is 1. The van der Waals surface area contributed by atoms with E-state index >= 15 is 0 Å². The van der Waals surface area contributed by atoms with Gasteiger partial charge in [-0.3, -0.25) is 4.57 Å². The van der Waals surface area contributed by atoms with Crippen molar-refractivity contribution in [1.82, 2.24) is 24.8 Å². The van der Waals surface area contributed by atoms with E-state index in [9.17, 15) is 23.4 Å². The largest absolute Gasteiger partial charge is 0.397 e. The fourth-order valence-electron chi connectivity index (χ4n) is 4.54. The molecule has 1 aliphatic heterocycles. The Bertz CT molecular complexity index is 1430. The molecule has 0 amide bonds. The van der Waals surface area contributed by atoms with Gasteiger partial charge in [-0.15, -0.1) is 10.2 Å². The summed E-state index contributed by atoms with van der Waals surface area (Å²) in [5.74, 6) is 2.18. The third-order valence-electron chi connectivity index (χ3n) is 6.42. The average molecular weight is 515 g/mol. The zero-order valence-electron chi connectivity index (χ0n) is 19.3. The van der Waals surface area contributed by atoms with Gasteiger partial charge in [-0.1, -0.05) is 12.1 Å². The summed E-state index contributed by atoms with van der Waals surface area (Å²) >= 11 is 0. The zero-order valence-corrected chi connectivity index (χ0v) is 19.3. The quantitative estimate of drug-likeness (QED) is 0.148. The number of nitrogens with zero attached hydrogens (tertiary/aromatic N) is 4. The summed E-state index contributed by atoms with van der Waals surface area (Å²) < 4.78 is 48.4. The Morgan fingerprint density at radius 2 is 2.00 bits per heavy atom. The maximum Gasteiger partial charge on any atom is 0.194 e. The molecule has 37 heavy (non-hydrogen) atoms. The molecule has 1 aliphatic rings. The lowest BCUT2D eigenvalue weighted by Gasteiger charge is -2.41. The van der Waals surface area contributed by atoms with Crippen molar-refractivity contribution in [3.8, 4) is 5.69 Å². The minimum Gasteiger partial charge on any atom is -0.397 e. The van der Waals surface area contributed by atoms with Crippen LogP contribution in [-0.2, 0) is 4.74 Å². The highest BCUT2D eigenvalue weighted by Crippen LogP contribution is 2.34. The van der Waals surface area contributed by atoms with E-state index in [-0.39, 0.29) is 17.7 Å². The van der Waals surface area contributed by atoms with Crippen LogP contribution >= 0.6 is 0 Å². The van der Waals surface area contributed by atoms with E-state index in [1.807, 2.05) is 30.5 Å². The number of aliphatic hydroxyl groups excluding tert-OH is 2. The van der Waals surface area contributed by atoms with Crippen molar-refractivity contribution in [2.24, 2.45) is 11.6 Å². The van der Waals surface area contributed by atoms with Crippen LogP contribution in [0.25, 0.3) is 22.3 Å². The molecule has 0 saturated carbocycles. The van der Waals surface area contributed by atoms with E-state index in [1.54, 1.807) is 4.57 Å². The van der Waals surface area contributed by atoms with Gasteiger partial charge < -0.3 is 30.7 Å². The van der Waals surface area contributed by atoms with Crippen molar-refractivity contribution in [2.75, 3.05) is 6.61 Å². The lowest BCUT2D eigenvalue weighted by Crippen LogP contribution is -2.55. The smallest absolute Gasteiger partial charge is 0.194 e. The van der Waals surface area contributed by atoms with Gasteiger partial charge in [0.15, 0.2) is 23.3 Å². The summed E-state index contributed by atoms with van der Waals surface area (Å²) in [5.41, 5.74) is 7.28. The molecule has 4 aromatic rings. The fourth-order valence-corrected chi connectivity index (χ4v) is 4.54. The number of rotatable bonds is 6. The van der Waals surface area contributed by atoms with Crippen molar-refractivity contribution in [3.63, 3.8) is 0 Å². The number of halogens is 3. The van der Waals surface area contributed by atoms with E-state index in [0.717, 1.165) is 33.7 Å². The van der Waals surface area contributed by atoms with Crippen LogP contribution in [-0.4, -0.2) is 59.8 Å². The summed E-state index contributed by atoms with van der Waals surface area (Å²) in [4.78, 5) is 3.19. The molecule has 5 rings (SSSR count).